The zero-order valence-electron chi connectivity index (χ0n) is 12.4. The maximum Gasteiger partial charge on any atom is 0.341 e. The van der Waals surface area contributed by atoms with E-state index in [0.29, 0.717) is 5.56 Å². The monoisotopic (exact) mass is 305 g/mol. The van der Waals surface area contributed by atoms with Gasteiger partial charge in [0.25, 0.3) is 0 Å². The van der Waals surface area contributed by atoms with Crippen LogP contribution in [0, 0.1) is 0 Å². The average molecular weight is 305 g/mol. The molecule has 22 heavy (non-hydrogen) atoms. The van der Waals surface area contributed by atoms with Crippen LogP contribution in [0.5, 0.6) is 0 Å². The molecule has 6 heteroatoms. The van der Waals surface area contributed by atoms with Crippen molar-refractivity contribution < 1.29 is 24.6 Å². The average Bonchev–Trinajstić information content (AvgIpc) is 2.45. The highest BCUT2D eigenvalue weighted by Gasteiger charge is 2.47. The van der Waals surface area contributed by atoms with E-state index in [1.54, 1.807) is 6.07 Å². The van der Waals surface area contributed by atoms with Crippen molar-refractivity contribution >= 4 is 17.8 Å². The lowest BCUT2D eigenvalue weighted by Crippen LogP contribution is -2.61. The fourth-order valence-electron chi connectivity index (χ4n) is 2.90. The molecule has 0 aliphatic heterocycles. The van der Waals surface area contributed by atoms with Gasteiger partial charge in [-0.05, 0) is 42.4 Å². The van der Waals surface area contributed by atoms with Gasteiger partial charge in [-0.2, -0.15) is 0 Å². The summed E-state index contributed by atoms with van der Waals surface area (Å²) >= 11 is 0. The molecule has 3 N–H and O–H groups in total. The Morgan fingerprint density at radius 2 is 1.68 bits per heavy atom. The minimum Gasteiger partial charge on any atom is -0.479 e. The number of fused-ring (bicyclic) bond motifs is 1. The lowest BCUT2D eigenvalue weighted by Gasteiger charge is -2.26. The van der Waals surface area contributed by atoms with Gasteiger partial charge in [0.05, 0.1) is 0 Å². The molecular formula is C16H19NO5. The van der Waals surface area contributed by atoms with Gasteiger partial charge >= 0.3 is 11.9 Å². The number of aryl methyl sites for hydroxylation is 2. The van der Waals surface area contributed by atoms with Crippen molar-refractivity contribution in [1.29, 1.82) is 0 Å². The van der Waals surface area contributed by atoms with Gasteiger partial charge in [0.15, 0.2) is 0 Å². The van der Waals surface area contributed by atoms with E-state index in [4.69, 9.17) is 0 Å². The number of carboxylic acid groups (broad SMARTS) is 2. The second-order valence-corrected chi connectivity index (χ2v) is 5.68. The van der Waals surface area contributed by atoms with E-state index in [1.165, 1.54) is 5.56 Å². The van der Waals surface area contributed by atoms with Crippen LogP contribution in [0.1, 0.15) is 36.5 Å². The third kappa shape index (κ3) is 3.10. The number of hydrogen-bond donors (Lipinski definition) is 3. The molecule has 0 radical (unpaired) electrons. The summed E-state index contributed by atoms with van der Waals surface area (Å²) in [7, 11) is 0. The van der Waals surface area contributed by atoms with Gasteiger partial charge < -0.3 is 15.5 Å². The van der Waals surface area contributed by atoms with E-state index in [9.17, 15) is 24.6 Å². The predicted octanol–water partition coefficient (Wildman–Crippen LogP) is 1.15. The van der Waals surface area contributed by atoms with Gasteiger partial charge in [-0.15, -0.1) is 0 Å². The van der Waals surface area contributed by atoms with E-state index in [1.807, 2.05) is 12.1 Å². The minimum atomic E-state index is -2.34. The minimum absolute atomic E-state index is 0.287. The quantitative estimate of drug-likeness (QED) is 0.708. The van der Waals surface area contributed by atoms with Gasteiger partial charge in [-0.25, -0.2) is 9.59 Å². The van der Waals surface area contributed by atoms with E-state index in [2.05, 4.69) is 5.32 Å². The molecule has 0 spiro atoms. The molecule has 1 amide bonds. The Labute approximate surface area is 128 Å². The van der Waals surface area contributed by atoms with Crippen LogP contribution < -0.4 is 5.32 Å². The van der Waals surface area contributed by atoms with Gasteiger partial charge in [-0.3, -0.25) is 4.79 Å². The maximum atomic E-state index is 11.5. The second kappa shape index (κ2) is 6.17. The maximum absolute atomic E-state index is 11.5. The second-order valence-electron chi connectivity index (χ2n) is 5.68. The summed E-state index contributed by atoms with van der Waals surface area (Å²) in [6, 6.07) is 5.52. The molecule has 0 atom stereocenters. The summed E-state index contributed by atoms with van der Waals surface area (Å²) < 4.78 is 0. The lowest BCUT2D eigenvalue weighted by atomic mass is 9.86. The molecule has 0 heterocycles. The van der Waals surface area contributed by atoms with Crippen LogP contribution in [-0.2, 0) is 33.6 Å². The van der Waals surface area contributed by atoms with Crippen LogP contribution in [0.4, 0.5) is 0 Å². The summed E-state index contributed by atoms with van der Waals surface area (Å²) in [5.74, 6) is -3.84. The SMILES string of the molecule is CC(=O)NC(Cc1ccc2c(c1)CCCC2)(C(=O)O)C(=O)O. The normalized spacial score (nSPS) is 14.0. The van der Waals surface area contributed by atoms with Crippen LogP contribution in [0.3, 0.4) is 0 Å². The summed E-state index contributed by atoms with van der Waals surface area (Å²) in [6.07, 6.45) is 3.82. The highest BCUT2D eigenvalue weighted by atomic mass is 16.4. The fraction of sp³-hybridized carbons (Fsp3) is 0.438. The Morgan fingerprint density at radius 3 is 2.23 bits per heavy atom. The van der Waals surface area contributed by atoms with Crippen LogP contribution in [-0.4, -0.2) is 33.6 Å². The topological polar surface area (TPSA) is 104 Å². The molecule has 0 unspecified atom stereocenters. The Kier molecular flexibility index (Phi) is 4.49. The highest BCUT2D eigenvalue weighted by molar-refractivity contribution is 6.06. The van der Waals surface area contributed by atoms with Gasteiger partial charge in [0.1, 0.15) is 0 Å². The molecule has 1 aromatic rings. The molecule has 1 aromatic carbocycles. The molecular weight excluding hydrogens is 286 g/mol. The third-order valence-electron chi connectivity index (χ3n) is 4.00. The van der Waals surface area contributed by atoms with Crippen molar-refractivity contribution in [2.45, 2.75) is 44.6 Å². The van der Waals surface area contributed by atoms with Crippen LogP contribution in [0.15, 0.2) is 18.2 Å². The number of amides is 1. The number of rotatable bonds is 5. The zero-order valence-corrected chi connectivity index (χ0v) is 12.4. The zero-order chi connectivity index (χ0) is 16.3. The van der Waals surface area contributed by atoms with E-state index in [0.717, 1.165) is 38.2 Å². The molecule has 0 fully saturated rings. The summed E-state index contributed by atoms with van der Waals surface area (Å²) in [4.78, 5) is 34.2. The number of nitrogens with one attached hydrogen (secondary N) is 1. The smallest absolute Gasteiger partial charge is 0.341 e. The Morgan fingerprint density at radius 1 is 1.09 bits per heavy atom. The summed E-state index contributed by atoms with van der Waals surface area (Å²) in [5, 5.41) is 20.8. The van der Waals surface area contributed by atoms with Crippen molar-refractivity contribution in [3.05, 3.63) is 34.9 Å². The number of carbonyl (C=O) groups is 3. The molecule has 0 bridgehead atoms. The van der Waals surface area contributed by atoms with Crippen molar-refractivity contribution in [1.82, 2.24) is 5.32 Å². The predicted molar refractivity (Wildman–Crippen MR) is 78.6 cm³/mol. The van der Waals surface area contributed by atoms with Crippen LogP contribution in [0.2, 0.25) is 0 Å². The molecule has 118 valence electrons. The van der Waals surface area contributed by atoms with E-state index >= 15 is 0 Å². The Bertz CT molecular complexity index is 609. The number of carbonyl (C=O) groups excluding carboxylic acids is 1. The van der Waals surface area contributed by atoms with Gasteiger partial charge in [-0.1, -0.05) is 18.2 Å². The first-order chi connectivity index (χ1) is 10.3. The molecule has 1 aliphatic carbocycles. The highest BCUT2D eigenvalue weighted by Crippen LogP contribution is 2.24. The molecule has 2 rings (SSSR count). The number of hydrogen-bond acceptors (Lipinski definition) is 3. The molecule has 0 saturated heterocycles. The molecule has 0 aromatic heterocycles. The van der Waals surface area contributed by atoms with E-state index < -0.39 is 23.4 Å². The summed E-state index contributed by atoms with van der Waals surface area (Å²) in [5.41, 5.74) is 0.621. The van der Waals surface area contributed by atoms with E-state index in [-0.39, 0.29) is 6.42 Å². The molecule has 0 saturated carbocycles. The van der Waals surface area contributed by atoms with Gasteiger partial charge in [0, 0.05) is 13.3 Å². The fourth-order valence-corrected chi connectivity index (χ4v) is 2.90. The van der Waals surface area contributed by atoms with Crippen molar-refractivity contribution in [3.8, 4) is 0 Å². The first-order valence-corrected chi connectivity index (χ1v) is 7.21. The Balaban J connectivity index is 2.36. The molecule has 1 aliphatic rings. The molecule has 6 nitrogen and oxygen atoms in total. The van der Waals surface area contributed by atoms with Crippen molar-refractivity contribution in [3.63, 3.8) is 0 Å². The number of aliphatic carboxylic acids is 2. The van der Waals surface area contributed by atoms with Gasteiger partial charge in [0.2, 0.25) is 11.4 Å². The van der Waals surface area contributed by atoms with Crippen LogP contribution >= 0.6 is 0 Å². The van der Waals surface area contributed by atoms with Crippen molar-refractivity contribution in [2.24, 2.45) is 0 Å². The largest absolute Gasteiger partial charge is 0.479 e. The third-order valence-corrected chi connectivity index (χ3v) is 4.00. The number of carboxylic acids is 2. The number of benzene rings is 1. The summed E-state index contributed by atoms with van der Waals surface area (Å²) in [6.45, 7) is 1.10. The first-order valence-electron chi connectivity index (χ1n) is 7.21. The van der Waals surface area contributed by atoms with Crippen LogP contribution in [0.25, 0.3) is 0 Å². The van der Waals surface area contributed by atoms with Crippen molar-refractivity contribution in [2.75, 3.05) is 0 Å². The first kappa shape index (κ1) is 16.0. The Hall–Kier alpha value is -2.37. The lowest BCUT2D eigenvalue weighted by molar-refractivity contribution is -0.161. The standard InChI is InChI=1S/C16H19NO5/c1-10(18)17-16(14(19)20,15(21)22)9-11-6-7-12-4-2-3-5-13(12)8-11/h6-8H,2-5,9H2,1H3,(H,17,18)(H,19,20)(H,21,22).